The van der Waals surface area contributed by atoms with Crippen molar-refractivity contribution in [1.29, 1.82) is 0 Å². The number of ether oxygens (including phenoxy) is 1. The number of rotatable bonds is 3. The summed E-state index contributed by atoms with van der Waals surface area (Å²) in [5.41, 5.74) is 0. The molecule has 0 aromatic carbocycles. The van der Waals surface area contributed by atoms with E-state index in [1.54, 1.807) is 0 Å². The Balaban J connectivity index is 2.74. The Kier molecular flexibility index (Phi) is 4.68. The molecule has 6 nitrogen and oxygen atoms in total. The average Bonchev–Trinajstić information content (AvgIpc) is 2.34. The highest BCUT2D eigenvalue weighted by molar-refractivity contribution is 5.96. The van der Waals surface area contributed by atoms with Crippen molar-refractivity contribution >= 4 is 17.8 Å². The molecule has 0 radical (unpaired) electrons. The van der Waals surface area contributed by atoms with Crippen LogP contribution < -0.4 is 0 Å². The number of carbonyl (C=O) groups is 3. The van der Waals surface area contributed by atoms with Gasteiger partial charge in [0.05, 0.1) is 7.11 Å². The molecule has 1 heterocycles. The molecule has 1 unspecified atom stereocenters. The van der Waals surface area contributed by atoms with Gasteiger partial charge in [-0.25, -0.2) is 9.59 Å². The molecule has 1 atom stereocenters. The van der Waals surface area contributed by atoms with Crippen LogP contribution in [0.1, 0.15) is 19.3 Å². The van der Waals surface area contributed by atoms with Gasteiger partial charge in [-0.15, -0.1) is 0 Å². The van der Waals surface area contributed by atoms with E-state index in [-0.39, 0.29) is 0 Å². The molecule has 17 heavy (non-hydrogen) atoms. The number of carbonyl (C=O) groups excluding carboxylic acids is 2. The van der Waals surface area contributed by atoms with Crippen molar-refractivity contribution in [1.82, 2.24) is 4.90 Å². The van der Waals surface area contributed by atoms with Crippen molar-refractivity contribution in [3.63, 3.8) is 0 Å². The summed E-state index contributed by atoms with van der Waals surface area (Å²) in [6.07, 6.45) is 3.94. The standard InChI is InChI=1S/C11H15NO5/c1-17-11(16)8-4-2-3-7-12(8)9(13)5-6-10(14)15/h5-6,8H,2-4,7H2,1H3,(H,14,15)/b6-5+. The van der Waals surface area contributed by atoms with Gasteiger partial charge in [-0.05, 0) is 19.3 Å². The van der Waals surface area contributed by atoms with Crippen molar-refractivity contribution in [3.8, 4) is 0 Å². The molecule has 0 aromatic rings. The predicted molar refractivity (Wildman–Crippen MR) is 58.1 cm³/mol. The topological polar surface area (TPSA) is 83.9 Å². The molecule has 0 aromatic heterocycles. The van der Waals surface area contributed by atoms with Crippen LogP contribution >= 0.6 is 0 Å². The molecule has 1 aliphatic heterocycles. The first kappa shape index (κ1) is 13.2. The maximum Gasteiger partial charge on any atom is 0.328 e. The molecule has 0 aliphatic carbocycles. The SMILES string of the molecule is COC(=O)C1CCCCN1C(=O)/C=C/C(=O)O. The van der Waals surface area contributed by atoms with Crippen molar-refractivity contribution in [2.75, 3.05) is 13.7 Å². The van der Waals surface area contributed by atoms with Crippen LogP contribution in [0.5, 0.6) is 0 Å². The minimum Gasteiger partial charge on any atom is -0.478 e. The lowest BCUT2D eigenvalue weighted by Gasteiger charge is -2.32. The zero-order chi connectivity index (χ0) is 12.8. The lowest BCUT2D eigenvalue weighted by molar-refractivity contribution is -0.153. The van der Waals surface area contributed by atoms with Gasteiger partial charge in [-0.1, -0.05) is 0 Å². The van der Waals surface area contributed by atoms with Crippen LogP contribution in [0.25, 0.3) is 0 Å². The molecule has 0 spiro atoms. The second-order valence-corrected chi connectivity index (χ2v) is 3.74. The third-order valence-corrected chi connectivity index (χ3v) is 2.63. The maximum atomic E-state index is 11.7. The summed E-state index contributed by atoms with van der Waals surface area (Å²) in [5, 5.41) is 8.43. The minimum atomic E-state index is -1.19. The molecule has 1 N–H and O–H groups in total. The van der Waals surface area contributed by atoms with Crippen LogP contribution in [-0.4, -0.2) is 47.5 Å². The zero-order valence-electron chi connectivity index (χ0n) is 9.59. The van der Waals surface area contributed by atoms with E-state index in [0.29, 0.717) is 13.0 Å². The Morgan fingerprint density at radius 3 is 2.59 bits per heavy atom. The second-order valence-electron chi connectivity index (χ2n) is 3.74. The first-order valence-corrected chi connectivity index (χ1v) is 5.35. The van der Waals surface area contributed by atoms with Gasteiger partial charge in [0, 0.05) is 18.7 Å². The Morgan fingerprint density at radius 1 is 1.29 bits per heavy atom. The molecule has 94 valence electrons. The molecular formula is C11H15NO5. The van der Waals surface area contributed by atoms with E-state index in [1.807, 2.05) is 0 Å². The molecule has 0 bridgehead atoms. The van der Waals surface area contributed by atoms with E-state index in [1.165, 1.54) is 12.0 Å². The molecule has 1 rings (SSSR count). The molecule has 1 aliphatic rings. The number of amides is 1. The number of piperidine rings is 1. The van der Waals surface area contributed by atoms with Crippen molar-refractivity contribution in [2.24, 2.45) is 0 Å². The first-order valence-electron chi connectivity index (χ1n) is 5.35. The Hall–Kier alpha value is -1.85. The van der Waals surface area contributed by atoms with Crippen molar-refractivity contribution in [3.05, 3.63) is 12.2 Å². The fourth-order valence-corrected chi connectivity index (χ4v) is 1.81. The van der Waals surface area contributed by atoms with E-state index < -0.39 is 23.9 Å². The summed E-state index contributed by atoms with van der Waals surface area (Å²) >= 11 is 0. The quantitative estimate of drug-likeness (QED) is 0.563. The number of carboxylic acids is 1. The van der Waals surface area contributed by atoms with Crippen LogP contribution in [0.4, 0.5) is 0 Å². The molecule has 0 saturated carbocycles. The number of aliphatic carboxylic acids is 1. The Morgan fingerprint density at radius 2 is 2.00 bits per heavy atom. The summed E-state index contributed by atoms with van der Waals surface area (Å²) in [7, 11) is 1.27. The highest BCUT2D eigenvalue weighted by Gasteiger charge is 2.31. The highest BCUT2D eigenvalue weighted by atomic mass is 16.5. The summed E-state index contributed by atoms with van der Waals surface area (Å²) < 4.78 is 4.62. The molecule has 1 saturated heterocycles. The summed E-state index contributed by atoms with van der Waals surface area (Å²) in [4.78, 5) is 34.8. The zero-order valence-corrected chi connectivity index (χ0v) is 9.59. The van der Waals surface area contributed by atoms with E-state index in [0.717, 1.165) is 25.0 Å². The predicted octanol–water partition coefficient (Wildman–Crippen LogP) is 0.181. The summed E-state index contributed by atoms with van der Waals surface area (Å²) in [6.45, 7) is 0.447. The van der Waals surface area contributed by atoms with Gasteiger partial charge >= 0.3 is 11.9 Å². The van der Waals surface area contributed by atoms with E-state index in [9.17, 15) is 14.4 Å². The maximum absolute atomic E-state index is 11.7. The van der Waals surface area contributed by atoms with Gasteiger partial charge in [-0.3, -0.25) is 4.79 Å². The Bertz CT molecular complexity index is 350. The van der Waals surface area contributed by atoms with Crippen molar-refractivity contribution in [2.45, 2.75) is 25.3 Å². The van der Waals surface area contributed by atoms with Crippen LogP contribution in [0, 0.1) is 0 Å². The molecule has 1 amide bonds. The molecular weight excluding hydrogens is 226 g/mol. The number of nitrogens with zero attached hydrogens (tertiary/aromatic N) is 1. The van der Waals surface area contributed by atoms with E-state index >= 15 is 0 Å². The number of carboxylic acid groups (broad SMARTS) is 1. The number of likely N-dealkylation sites (tertiary alicyclic amines) is 1. The van der Waals surface area contributed by atoms with Gasteiger partial charge in [0.25, 0.3) is 0 Å². The second kappa shape index (κ2) is 6.03. The Labute approximate surface area is 98.8 Å². The number of esters is 1. The average molecular weight is 241 g/mol. The lowest BCUT2D eigenvalue weighted by Crippen LogP contribution is -2.47. The van der Waals surface area contributed by atoms with Crippen LogP contribution in [0.2, 0.25) is 0 Å². The van der Waals surface area contributed by atoms with Crippen LogP contribution in [0.3, 0.4) is 0 Å². The minimum absolute atomic E-state index is 0.447. The van der Waals surface area contributed by atoms with Gasteiger partial charge in [0.2, 0.25) is 5.91 Å². The van der Waals surface area contributed by atoms with Gasteiger partial charge < -0.3 is 14.7 Å². The smallest absolute Gasteiger partial charge is 0.328 e. The summed E-state index contributed by atoms with van der Waals surface area (Å²) in [6, 6.07) is -0.598. The first-order chi connectivity index (χ1) is 8.06. The van der Waals surface area contributed by atoms with Gasteiger partial charge in [0.1, 0.15) is 6.04 Å². The largest absolute Gasteiger partial charge is 0.478 e. The van der Waals surface area contributed by atoms with Gasteiger partial charge in [-0.2, -0.15) is 0 Å². The fraction of sp³-hybridized carbons (Fsp3) is 0.545. The van der Waals surface area contributed by atoms with Gasteiger partial charge in [0.15, 0.2) is 0 Å². The highest BCUT2D eigenvalue weighted by Crippen LogP contribution is 2.18. The molecule has 6 heteroatoms. The summed E-state index contributed by atoms with van der Waals surface area (Å²) in [5.74, 6) is -2.12. The third kappa shape index (κ3) is 3.58. The number of hydrogen-bond donors (Lipinski definition) is 1. The van der Waals surface area contributed by atoms with E-state index in [4.69, 9.17) is 5.11 Å². The normalized spacial score (nSPS) is 20.3. The third-order valence-electron chi connectivity index (χ3n) is 2.63. The number of methoxy groups -OCH3 is 1. The fourth-order valence-electron chi connectivity index (χ4n) is 1.81. The molecule has 1 fully saturated rings. The monoisotopic (exact) mass is 241 g/mol. The number of hydrogen-bond acceptors (Lipinski definition) is 4. The van der Waals surface area contributed by atoms with Crippen LogP contribution in [-0.2, 0) is 19.1 Å². The van der Waals surface area contributed by atoms with Crippen molar-refractivity contribution < 1.29 is 24.2 Å². The van der Waals surface area contributed by atoms with Crippen LogP contribution in [0.15, 0.2) is 12.2 Å². The van der Waals surface area contributed by atoms with E-state index in [2.05, 4.69) is 4.74 Å². The lowest BCUT2D eigenvalue weighted by atomic mass is 10.0.